The fraction of sp³-hybridized carbons (Fsp3) is 0.529. The van der Waals surface area contributed by atoms with Gasteiger partial charge >= 0.3 is 5.97 Å². The first kappa shape index (κ1) is 13.2. The molecule has 1 spiro atoms. The largest absolute Gasteiger partial charge is 0.453 e. The highest BCUT2D eigenvalue weighted by Gasteiger charge is 2.64. The average molecular weight is 269 g/mol. The maximum atomic E-state index is 12.2. The van der Waals surface area contributed by atoms with Crippen LogP contribution in [0, 0.1) is 22.7 Å². The van der Waals surface area contributed by atoms with Crippen molar-refractivity contribution >= 4 is 5.97 Å². The Bertz CT molecular complexity index is 554. The quantitative estimate of drug-likeness (QED) is 0.732. The van der Waals surface area contributed by atoms with Gasteiger partial charge in [0.2, 0.25) is 0 Å². The number of carbonyl (C=O) groups excluding carboxylic acids is 1. The van der Waals surface area contributed by atoms with Crippen molar-refractivity contribution in [1.82, 2.24) is 0 Å². The van der Waals surface area contributed by atoms with Crippen molar-refractivity contribution in [2.75, 3.05) is 0 Å². The SMILES string of the molecule is C[C@]1(c2ccccc2)OC(=O)[C@H](C#N)C12CCCCC2. The molecule has 0 radical (unpaired) electrons. The lowest BCUT2D eigenvalue weighted by Gasteiger charge is -2.45. The van der Waals surface area contributed by atoms with Crippen LogP contribution in [0.2, 0.25) is 0 Å². The molecule has 1 aromatic carbocycles. The van der Waals surface area contributed by atoms with Gasteiger partial charge in [0.15, 0.2) is 5.92 Å². The predicted molar refractivity (Wildman–Crippen MR) is 74.5 cm³/mol. The Kier molecular flexibility index (Phi) is 3.05. The minimum Gasteiger partial charge on any atom is -0.453 e. The summed E-state index contributed by atoms with van der Waals surface area (Å²) < 4.78 is 5.77. The van der Waals surface area contributed by atoms with Crippen LogP contribution in [0.1, 0.15) is 44.6 Å². The van der Waals surface area contributed by atoms with Crippen molar-refractivity contribution in [2.45, 2.75) is 44.6 Å². The van der Waals surface area contributed by atoms with E-state index in [1.165, 1.54) is 6.42 Å². The van der Waals surface area contributed by atoms with E-state index in [4.69, 9.17) is 4.74 Å². The standard InChI is InChI=1S/C17H19NO2/c1-16(13-8-4-2-5-9-13)17(10-6-3-7-11-17)14(12-18)15(19)20-16/h2,4-5,8-9,14H,3,6-7,10-11H2,1H3/t14-,16+/m0/s1. The van der Waals surface area contributed by atoms with Gasteiger partial charge in [-0.1, -0.05) is 49.6 Å². The highest BCUT2D eigenvalue weighted by Crippen LogP contribution is 2.60. The number of esters is 1. The summed E-state index contributed by atoms with van der Waals surface area (Å²) in [5, 5.41) is 9.48. The van der Waals surface area contributed by atoms with Crippen LogP contribution in [0.4, 0.5) is 0 Å². The zero-order valence-electron chi connectivity index (χ0n) is 11.8. The first-order chi connectivity index (χ1) is 9.64. The summed E-state index contributed by atoms with van der Waals surface area (Å²) in [5.41, 5.74) is -0.0297. The molecule has 3 heteroatoms. The number of rotatable bonds is 1. The lowest BCUT2D eigenvalue weighted by Crippen LogP contribution is -2.44. The van der Waals surface area contributed by atoms with Crippen LogP contribution in [0.5, 0.6) is 0 Å². The number of hydrogen-bond acceptors (Lipinski definition) is 3. The molecular weight excluding hydrogens is 250 g/mol. The average Bonchev–Trinajstić information content (AvgIpc) is 2.69. The molecule has 20 heavy (non-hydrogen) atoms. The van der Waals surface area contributed by atoms with Crippen LogP contribution in [-0.4, -0.2) is 5.97 Å². The molecule has 1 aromatic rings. The molecule has 2 atom stereocenters. The van der Waals surface area contributed by atoms with Gasteiger partial charge in [-0.2, -0.15) is 5.26 Å². The van der Waals surface area contributed by atoms with Gasteiger partial charge in [0.1, 0.15) is 5.60 Å². The molecule has 0 bridgehead atoms. The first-order valence-corrected chi connectivity index (χ1v) is 7.32. The summed E-state index contributed by atoms with van der Waals surface area (Å²) in [6.07, 6.45) is 5.10. The van der Waals surface area contributed by atoms with Crippen LogP contribution in [0.15, 0.2) is 30.3 Å². The van der Waals surface area contributed by atoms with Crippen LogP contribution in [0.25, 0.3) is 0 Å². The van der Waals surface area contributed by atoms with E-state index in [2.05, 4.69) is 6.07 Å². The molecule has 104 valence electrons. The van der Waals surface area contributed by atoms with Crippen molar-refractivity contribution in [3.05, 3.63) is 35.9 Å². The van der Waals surface area contributed by atoms with Crippen LogP contribution < -0.4 is 0 Å². The summed E-state index contributed by atoms with van der Waals surface area (Å²) in [6, 6.07) is 12.1. The predicted octanol–water partition coefficient (Wildman–Crippen LogP) is 3.55. The van der Waals surface area contributed by atoms with E-state index in [9.17, 15) is 10.1 Å². The lowest BCUT2D eigenvalue weighted by atomic mass is 9.57. The number of benzene rings is 1. The van der Waals surface area contributed by atoms with Crippen LogP contribution in [-0.2, 0) is 15.1 Å². The van der Waals surface area contributed by atoms with Crippen molar-refractivity contribution in [2.24, 2.45) is 11.3 Å². The Hall–Kier alpha value is -1.82. The van der Waals surface area contributed by atoms with Gasteiger partial charge in [0, 0.05) is 5.41 Å². The molecule has 1 saturated heterocycles. The highest BCUT2D eigenvalue weighted by atomic mass is 16.6. The number of ether oxygens (including phenoxy) is 1. The van der Waals surface area contributed by atoms with E-state index in [-0.39, 0.29) is 11.4 Å². The Labute approximate surface area is 119 Å². The number of nitrogens with zero attached hydrogens (tertiary/aromatic N) is 1. The third-order valence-corrected chi connectivity index (χ3v) is 5.24. The summed E-state index contributed by atoms with van der Waals surface area (Å²) in [5.74, 6) is -0.978. The molecule has 1 saturated carbocycles. The van der Waals surface area contributed by atoms with Gasteiger partial charge in [-0.05, 0) is 25.3 Å². The Balaban J connectivity index is 2.14. The van der Waals surface area contributed by atoms with Gasteiger partial charge < -0.3 is 4.74 Å². The van der Waals surface area contributed by atoms with E-state index >= 15 is 0 Å². The van der Waals surface area contributed by atoms with E-state index in [1.807, 2.05) is 37.3 Å². The van der Waals surface area contributed by atoms with Crippen molar-refractivity contribution < 1.29 is 9.53 Å². The van der Waals surface area contributed by atoms with Crippen molar-refractivity contribution in [3.8, 4) is 6.07 Å². The fourth-order valence-electron chi connectivity index (χ4n) is 4.09. The number of hydrogen-bond donors (Lipinski definition) is 0. The molecule has 1 heterocycles. The van der Waals surface area contributed by atoms with Crippen LogP contribution in [0.3, 0.4) is 0 Å². The van der Waals surface area contributed by atoms with Crippen molar-refractivity contribution in [3.63, 3.8) is 0 Å². The molecule has 0 aromatic heterocycles. The van der Waals surface area contributed by atoms with Crippen molar-refractivity contribution in [1.29, 1.82) is 5.26 Å². The van der Waals surface area contributed by atoms with E-state index in [0.29, 0.717) is 0 Å². The maximum Gasteiger partial charge on any atom is 0.324 e. The first-order valence-electron chi connectivity index (χ1n) is 7.32. The molecule has 1 aliphatic carbocycles. The third kappa shape index (κ3) is 1.61. The second-order valence-corrected chi connectivity index (χ2v) is 6.10. The Morgan fingerprint density at radius 1 is 1.20 bits per heavy atom. The van der Waals surface area contributed by atoms with E-state index < -0.39 is 11.5 Å². The van der Waals surface area contributed by atoms with Crippen LogP contribution >= 0.6 is 0 Å². The Morgan fingerprint density at radius 3 is 2.45 bits per heavy atom. The number of carbonyl (C=O) groups is 1. The molecule has 0 N–H and O–H groups in total. The second-order valence-electron chi connectivity index (χ2n) is 6.10. The summed E-state index contributed by atoms with van der Waals surface area (Å²) >= 11 is 0. The van der Waals surface area contributed by atoms with Gasteiger partial charge in [-0.25, -0.2) is 0 Å². The third-order valence-electron chi connectivity index (χ3n) is 5.24. The molecule has 0 unspecified atom stereocenters. The second kappa shape index (κ2) is 4.63. The smallest absolute Gasteiger partial charge is 0.324 e. The van der Waals surface area contributed by atoms with E-state index in [1.54, 1.807) is 0 Å². The number of cyclic esters (lactones) is 1. The monoisotopic (exact) mass is 269 g/mol. The summed E-state index contributed by atoms with van der Waals surface area (Å²) in [4.78, 5) is 12.2. The Morgan fingerprint density at radius 2 is 1.85 bits per heavy atom. The normalized spacial score (nSPS) is 31.8. The molecule has 0 amide bonds. The zero-order chi connectivity index (χ0) is 14.2. The molecule has 2 fully saturated rings. The zero-order valence-corrected chi connectivity index (χ0v) is 11.8. The van der Waals surface area contributed by atoms with Gasteiger partial charge in [0.25, 0.3) is 0 Å². The minimum atomic E-state index is -0.674. The highest BCUT2D eigenvalue weighted by molar-refractivity contribution is 5.80. The molecule has 3 nitrogen and oxygen atoms in total. The van der Waals surface area contributed by atoms with Gasteiger partial charge in [0.05, 0.1) is 6.07 Å². The topological polar surface area (TPSA) is 50.1 Å². The van der Waals surface area contributed by atoms with E-state index in [0.717, 1.165) is 31.2 Å². The number of nitriles is 1. The molecule has 2 aliphatic rings. The fourth-order valence-corrected chi connectivity index (χ4v) is 4.09. The summed E-state index contributed by atoms with van der Waals surface area (Å²) in [6.45, 7) is 1.99. The maximum absolute atomic E-state index is 12.2. The molecule has 1 aliphatic heterocycles. The molecule has 3 rings (SSSR count). The molecular formula is C17H19NO2. The minimum absolute atomic E-state index is 0.347. The summed E-state index contributed by atoms with van der Waals surface area (Å²) in [7, 11) is 0. The van der Waals surface area contributed by atoms with Gasteiger partial charge in [-0.3, -0.25) is 4.79 Å². The lowest BCUT2D eigenvalue weighted by molar-refractivity contribution is -0.152. The van der Waals surface area contributed by atoms with Gasteiger partial charge in [-0.15, -0.1) is 0 Å².